The van der Waals surface area contributed by atoms with E-state index in [1.807, 2.05) is 6.07 Å². The maximum atomic E-state index is 12.3. The summed E-state index contributed by atoms with van der Waals surface area (Å²) in [6.07, 6.45) is 1.41. The molecule has 128 valence electrons. The SMILES string of the molecule is COc1cccc(CNC(=O)/C(C#N)=C/c2cccc(O)c2)c1OC. The average molecular weight is 338 g/mol. The lowest BCUT2D eigenvalue weighted by Gasteiger charge is -2.13. The molecule has 0 unspecified atom stereocenters. The molecule has 2 aromatic carbocycles. The standard InChI is InChI=1S/C19H18N2O4/c1-24-17-8-4-6-14(18(17)25-2)12-21-19(23)15(11-20)9-13-5-3-7-16(22)10-13/h3-10,22H,12H2,1-2H3,(H,21,23)/b15-9+. The van der Waals surface area contributed by atoms with Gasteiger partial charge in [-0.2, -0.15) is 5.26 Å². The van der Waals surface area contributed by atoms with Crippen LogP contribution in [-0.2, 0) is 11.3 Å². The minimum atomic E-state index is -0.518. The third-order valence-corrected chi connectivity index (χ3v) is 3.47. The number of amides is 1. The lowest BCUT2D eigenvalue weighted by molar-refractivity contribution is -0.117. The van der Waals surface area contributed by atoms with Gasteiger partial charge < -0.3 is 19.9 Å². The Morgan fingerprint density at radius 3 is 2.64 bits per heavy atom. The first-order valence-electron chi connectivity index (χ1n) is 7.48. The van der Waals surface area contributed by atoms with E-state index >= 15 is 0 Å². The normalized spacial score (nSPS) is 10.7. The Kier molecular flexibility index (Phi) is 6.02. The Labute approximate surface area is 145 Å². The second kappa shape index (κ2) is 8.41. The number of hydrogen-bond acceptors (Lipinski definition) is 5. The number of nitrogens with one attached hydrogen (secondary N) is 1. The largest absolute Gasteiger partial charge is 0.508 e. The molecular weight excluding hydrogens is 320 g/mol. The zero-order chi connectivity index (χ0) is 18.2. The van der Waals surface area contributed by atoms with Crippen LogP contribution in [0.25, 0.3) is 6.08 Å². The van der Waals surface area contributed by atoms with E-state index in [9.17, 15) is 15.2 Å². The number of carbonyl (C=O) groups excluding carboxylic acids is 1. The molecule has 0 saturated heterocycles. The molecule has 0 heterocycles. The van der Waals surface area contributed by atoms with E-state index < -0.39 is 5.91 Å². The zero-order valence-corrected chi connectivity index (χ0v) is 13.9. The summed E-state index contributed by atoms with van der Waals surface area (Å²) in [4.78, 5) is 12.3. The molecule has 0 radical (unpaired) electrons. The summed E-state index contributed by atoms with van der Waals surface area (Å²) in [7, 11) is 3.05. The van der Waals surface area contributed by atoms with Crippen molar-refractivity contribution in [2.45, 2.75) is 6.54 Å². The number of carbonyl (C=O) groups is 1. The fourth-order valence-electron chi connectivity index (χ4n) is 2.29. The third-order valence-electron chi connectivity index (χ3n) is 3.47. The zero-order valence-electron chi connectivity index (χ0n) is 13.9. The fourth-order valence-corrected chi connectivity index (χ4v) is 2.29. The first-order valence-corrected chi connectivity index (χ1v) is 7.48. The van der Waals surface area contributed by atoms with Gasteiger partial charge in [-0.1, -0.05) is 24.3 Å². The van der Waals surface area contributed by atoms with E-state index in [1.165, 1.54) is 32.4 Å². The first-order chi connectivity index (χ1) is 12.1. The maximum Gasteiger partial charge on any atom is 0.262 e. The highest BCUT2D eigenvalue weighted by Gasteiger charge is 2.13. The molecule has 0 atom stereocenters. The Hall–Kier alpha value is -3.46. The van der Waals surface area contributed by atoms with Crippen LogP contribution >= 0.6 is 0 Å². The minimum Gasteiger partial charge on any atom is -0.508 e. The number of nitrogens with zero attached hydrogens (tertiary/aromatic N) is 1. The van der Waals surface area contributed by atoms with Gasteiger partial charge >= 0.3 is 0 Å². The number of phenols is 1. The minimum absolute atomic E-state index is 0.0625. The summed E-state index contributed by atoms with van der Waals surface area (Å²) in [6, 6.07) is 13.5. The number of rotatable bonds is 6. The number of methoxy groups -OCH3 is 2. The molecule has 2 aromatic rings. The van der Waals surface area contributed by atoms with Crippen molar-refractivity contribution >= 4 is 12.0 Å². The number of phenolic OH excluding ortho intramolecular Hbond substituents is 1. The highest BCUT2D eigenvalue weighted by molar-refractivity contribution is 6.01. The second-order valence-electron chi connectivity index (χ2n) is 5.10. The van der Waals surface area contributed by atoms with Crippen LogP contribution < -0.4 is 14.8 Å². The van der Waals surface area contributed by atoms with Crippen LogP contribution in [0.15, 0.2) is 48.0 Å². The van der Waals surface area contributed by atoms with Crippen LogP contribution in [0.2, 0.25) is 0 Å². The summed E-state index contributed by atoms with van der Waals surface area (Å²) in [5, 5.41) is 21.4. The van der Waals surface area contributed by atoms with Crippen molar-refractivity contribution in [1.29, 1.82) is 5.26 Å². The van der Waals surface area contributed by atoms with E-state index in [-0.39, 0.29) is 17.9 Å². The van der Waals surface area contributed by atoms with Crippen molar-refractivity contribution in [3.8, 4) is 23.3 Å². The van der Waals surface area contributed by atoms with Crippen molar-refractivity contribution in [3.05, 3.63) is 59.2 Å². The van der Waals surface area contributed by atoms with Crippen LogP contribution in [0, 0.1) is 11.3 Å². The molecule has 0 aliphatic carbocycles. The van der Waals surface area contributed by atoms with Crippen molar-refractivity contribution in [3.63, 3.8) is 0 Å². The Morgan fingerprint density at radius 2 is 2.00 bits per heavy atom. The molecule has 2 rings (SSSR count). The van der Waals surface area contributed by atoms with Crippen LogP contribution in [0.5, 0.6) is 17.2 Å². The highest BCUT2D eigenvalue weighted by Crippen LogP contribution is 2.30. The molecule has 6 heteroatoms. The summed E-state index contributed by atoms with van der Waals surface area (Å²) in [5.74, 6) is 0.633. The molecule has 6 nitrogen and oxygen atoms in total. The van der Waals surface area contributed by atoms with Gasteiger partial charge in [-0.05, 0) is 29.8 Å². The Morgan fingerprint density at radius 1 is 1.24 bits per heavy atom. The summed E-state index contributed by atoms with van der Waals surface area (Å²) >= 11 is 0. The number of benzene rings is 2. The van der Waals surface area contributed by atoms with Gasteiger partial charge in [0.15, 0.2) is 11.5 Å². The lowest BCUT2D eigenvalue weighted by atomic mass is 10.1. The van der Waals surface area contributed by atoms with Gasteiger partial charge in [-0.15, -0.1) is 0 Å². The van der Waals surface area contributed by atoms with E-state index in [2.05, 4.69) is 5.32 Å². The molecule has 0 spiro atoms. The van der Waals surface area contributed by atoms with Gasteiger partial charge in [-0.3, -0.25) is 4.79 Å². The van der Waals surface area contributed by atoms with Gasteiger partial charge in [0.25, 0.3) is 5.91 Å². The van der Waals surface area contributed by atoms with Crippen LogP contribution in [0.1, 0.15) is 11.1 Å². The predicted molar refractivity (Wildman–Crippen MR) is 93.1 cm³/mol. The Balaban J connectivity index is 2.15. The molecule has 0 aliphatic rings. The Bertz CT molecular complexity index is 838. The van der Waals surface area contributed by atoms with E-state index in [0.29, 0.717) is 17.1 Å². The van der Waals surface area contributed by atoms with Crippen LogP contribution in [0.4, 0.5) is 0 Å². The average Bonchev–Trinajstić information content (AvgIpc) is 2.63. The van der Waals surface area contributed by atoms with Gasteiger partial charge in [-0.25, -0.2) is 0 Å². The molecule has 0 bridgehead atoms. The van der Waals surface area contributed by atoms with Crippen molar-refractivity contribution < 1.29 is 19.4 Å². The topological polar surface area (TPSA) is 91.6 Å². The van der Waals surface area contributed by atoms with Gasteiger partial charge in [0, 0.05) is 12.1 Å². The number of nitriles is 1. The van der Waals surface area contributed by atoms with E-state index in [4.69, 9.17) is 9.47 Å². The van der Waals surface area contributed by atoms with Crippen molar-refractivity contribution in [2.24, 2.45) is 0 Å². The maximum absolute atomic E-state index is 12.3. The molecule has 0 fully saturated rings. The van der Waals surface area contributed by atoms with Gasteiger partial charge in [0.2, 0.25) is 0 Å². The number of para-hydroxylation sites is 1. The summed E-state index contributed by atoms with van der Waals surface area (Å²) in [5.41, 5.74) is 1.22. The van der Waals surface area contributed by atoms with Gasteiger partial charge in [0.1, 0.15) is 17.4 Å². The first kappa shape index (κ1) is 17.9. The van der Waals surface area contributed by atoms with Crippen molar-refractivity contribution in [1.82, 2.24) is 5.32 Å². The van der Waals surface area contributed by atoms with Gasteiger partial charge in [0.05, 0.1) is 14.2 Å². The van der Waals surface area contributed by atoms with Crippen molar-refractivity contribution in [2.75, 3.05) is 14.2 Å². The van der Waals surface area contributed by atoms with E-state index in [1.54, 1.807) is 30.3 Å². The number of aromatic hydroxyl groups is 1. The predicted octanol–water partition coefficient (Wildman–Crippen LogP) is 2.63. The quantitative estimate of drug-likeness (QED) is 0.624. The third kappa shape index (κ3) is 4.52. The highest BCUT2D eigenvalue weighted by atomic mass is 16.5. The van der Waals surface area contributed by atoms with E-state index in [0.717, 1.165) is 5.56 Å². The molecular formula is C19H18N2O4. The molecule has 1 amide bonds. The molecule has 0 saturated carbocycles. The number of hydrogen-bond donors (Lipinski definition) is 2. The smallest absolute Gasteiger partial charge is 0.262 e. The number of ether oxygens (including phenoxy) is 2. The van der Waals surface area contributed by atoms with Crippen LogP contribution in [0.3, 0.4) is 0 Å². The molecule has 0 aliphatic heterocycles. The monoisotopic (exact) mass is 338 g/mol. The molecule has 0 aromatic heterocycles. The lowest BCUT2D eigenvalue weighted by Crippen LogP contribution is -2.24. The summed E-state index contributed by atoms with van der Waals surface area (Å²) < 4.78 is 10.5. The fraction of sp³-hybridized carbons (Fsp3) is 0.158. The molecule has 25 heavy (non-hydrogen) atoms. The summed E-state index contributed by atoms with van der Waals surface area (Å²) in [6.45, 7) is 0.179. The second-order valence-corrected chi connectivity index (χ2v) is 5.10. The molecule has 2 N–H and O–H groups in total. The van der Waals surface area contributed by atoms with Crippen LogP contribution in [-0.4, -0.2) is 25.2 Å².